The number of carbonyl (C=O) groups is 2. The van der Waals surface area contributed by atoms with Crippen LogP contribution < -0.4 is 5.32 Å². The normalized spacial score (nSPS) is 17.5. The second kappa shape index (κ2) is 9.89. The summed E-state index contributed by atoms with van der Waals surface area (Å²) in [6.07, 6.45) is 1.66. The molecule has 0 fully saturated rings. The lowest BCUT2D eigenvalue weighted by Crippen LogP contribution is -2.42. The van der Waals surface area contributed by atoms with E-state index in [9.17, 15) is 14.0 Å². The Balaban J connectivity index is 1.65. The van der Waals surface area contributed by atoms with Gasteiger partial charge in [0.2, 0.25) is 5.91 Å². The van der Waals surface area contributed by atoms with Crippen LogP contribution >= 0.6 is 11.8 Å². The van der Waals surface area contributed by atoms with Crippen LogP contribution in [0.5, 0.6) is 0 Å². The molecule has 4 rings (SSSR count). The SMILES string of the molecule is CC1=C(C(=O)N(C)C(C)C)C(c2ccc(F)cc2)N2C(CC(=O)NCc3ccco3)=CSC2=N1. The first-order valence-electron chi connectivity index (χ1n) is 11.0. The quantitative estimate of drug-likeness (QED) is 0.626. The van der Waals surface area contributed by atoms with E-state index in [2.05, 4.69) is 5.32 Å². The number of aliphatic imine (C=N–C) groups is 1. The molecule has 7 nitrogen and oxygen atoms in total. The number of allylic oxidation sites excluding steroid dienone is 1. The molecule has 0 saturated carbocycles. The van der Waals surface area contributed by atoms with Gasteiger partial charge in [0.1, 0.15) is 11.6 Å². The lowest BCUT2D eigenvalue weighted by Gasteiger charge is -2.38. The zero-order valence-corrected chi connectivity index (χ0v) is 20.4. The van der Waals surface area contributed by atoms with Crippen LogP contribution in [-0.4, -0.2) is 39.9 Å². The Kier molecular flexibility index (Phi) is 6.92. The summed E-state index contributed by atoms with van der Waals surface area (Å²) in [7, 11) is 1.76. The fourth-order valence-corrected chi connectivity index (χ4v) is 4.82. The highest BCUT2D eigenvalue weighted by atomic mass is 32.2. The van der Waals surface area contributed by atoms with E-state index in [4.69, 9.17) is 9.41 Å². The van der Waals surface area contributed by atoms with Crippen LogP contribution in [0.15, 0.2) is 74.4 Å². The summed E-state index contributed by atoms with van der Waals surface area (Å²) < 4.78 is 19.0. The monoisotopic (exact) mass is 482 g/mol. The molecule has 2 amide bonds. The number of halogens is 1. The van der Waals surface area contributed by atoms with Crippen molar-refractivity contribution in [3.05, 3.63) is 82.2 Å². The number of likely N-dealkylation sites (N-methyl/N-ethyl adjacent to an activating group) is 1. The number of fused-ring (bicyclic) bond motifs is 1. The van der Waals surface area contributed by atoms with Gasteiger partial charge in [-0.25, -0.2) is 9.38 Å². The van der Waals surface area contributed by atoms with Crippen molar-refractivity contribution in [2.75, 3.05) is 7.05 Å². The van der Waals surface area contributed by atoms with Gasteiger partial charge >= 0.3 is 0 Å². The van der Waals surface area contributed by atoms with Gasteiger partial charge in [0, 0.05) is 18.8 Å². The molecule has 0 radical (unpaired) electrons. The lowest BCUT2D eigenvalue weighted by atomic mass is 9.92. The number of nitrogens with one attached hydrogen (secondary N) is 1. The molecule has 1 aromatic carbocycles. The van der Waals surface area contributed by atoms with Gasteiger partial charge in [-0.15, -0.1) is 0 Å². The molecule has 178 valence electrons. The number of rotatable bonds is 7. The average Bonchev–Trinajstić information content (AvgIpc) is 3.46. The molecular weight excluding hydrogens is 455 g/mol. The molecule has 0 spiro atoms. The Morgan fingerprint density at radius 1 is 1.26 bits per heavy atom. The Morgan fingerprint density at radius 2 is 2.00 bits per heavy atom. The largest absolute Gasteiger partial charge is 0.467 e. The number of amidine groups is 1. The Morgan fingerprint density at radius 3 is 2.65 bits per heavy atom. The fourth-order valence-electron chi connectivity index (χ4n) is 3.85. The minimum Gasteiger partial charge on any atom is -0.467 e. The number of carbonyl (C=O) groups excluding carboxylic acids is 2. The molecular formula is C25H27FN4O3S. The molecule has 1 unspecified atom stereocenters. The van der Waals surface area contributed by atoms with Crippen LogP contribution in [0.4, 0.5) is 4.39 Å². The standard InChI is InChI=1S/C25H27FN4O3S/c1-15(2)29(4)24(32)22-16(3)28-25-30(23(22)17-7-9-18(26)10-8-17)19(14-34-25)12-21(31)27-13-20-6-5-11-33-20/h5-11,14-15,23H,12-13H2,1-4H3,(H,27,31). The number of furan rings is 1. The maximum Gasteiger partial charge on any atom is 0.254 e. The number of nitrogens with zero attached hydrogens (tertiary/aromatic N) is 3. The van der Waals surface area contributed by atoms with E-state index >= 15 is 0 Å². The second-order valence-corrected chi connectivity index (χ2v) is 9.32. The molecule has 0 bridgehead atoms. The third-order valence-electron chi connectivity index (χ3n) is 5.89. The van der Waals surface area contributed by atoms with Gasteiger partial charge in [0.15, 0.2) is 5.17 Å². The number of hydrogen-bond acceptors (Lipinski definition) is 6. The van der Waals surface area contributed by atoms with Gasteiger partial charge in [-0.05, 0) is 56.0 Å². The molecule has 1 aromatic heterocycles. The molecule has 34 heavy (non-hydrogen) atoms. The summed E-state index contributed by atoms with van der Waals surface area (Å²) in [5, 5.41) is 5.43. The van der Waals surface area contributed by atoms with Gasteiger partial charge in [-0.1, -0.05) is 23.9 Å². The number of hydrogen-bond donors (Lipinski definition) is 1. The molecule has 0 aliphatic carbocycles. The molecule has 9 heteroatoms. The highest BCUT2D eigenvalue weighted by molar-refractivity contribution is 8.16. The molecule has 1 N–H and O–H groups in total. The average molecular weight is 483 g/mol. The Bertz CT molecular complexity index is 1170. The molecule has 1 atom stereocenters. The minimum atomic E-state index is -0.527. The van der Waals surface area contributed by atoms with Crippen LogP contribution in [0.3, 0.4) is 0 Å². The van der Waals surface area contributed by atoms with Crippen molar-refractivity contribution in [2.45, 2.75) is 45.8 Å². The van der Waals surface area contributed by atoms with Crippen LogP contribution in [0.25, 0.3) is 0 Å². The highest BCUT2D eigenvalue weighted by Gasteiger charge is 2.41. The Hall–Kier alpha value is -3.33. The maximum atomic E-state index is 13.7. The van der Waals surface area contributed by atoms with E-state index in [1.165, 1.54) is 23.9 Å². The molecule has 2 aliphatic rings. The van der Waals surface area contributed by atoms with E-state index in [-0.39, 0.29) is 36.6 Å². The van der Waals surface area contributed by atoms with Crippen molar-refractivity contribution in [3.8, 4) is 0 Å². The highest BCUT2D eigenvalue weighted by Crippen LogP contribution is 2.45. The van der Waals surface area contributed by atoms with E-state index in [0.29, 0.717) is 22.2 Å². The van der Waals surface area contributed by atoms with Crippen molar-refractivity contribution in [1.29, 1.82) is 0 Å². The summed E-state index contributed by atoms with van der Waals surface area (Å²) >= 11 is 1.41. The van der Waals surface area contributed by atoms with Crippen molar-refractivity contribution in [3.63, 3.8) is 0 Å². The molecule has 2 aromatic rings. The van der Waals surface area contributed by atoms with Gasteiger partial charge in [-0.2, -0.15) is 0 Å². The van der Waals surface area contributed by atoms with E-state index in [0.717, 1.165) is 11.3 Å². The van der Waals surface area contributed by atoms with Gasteiger partial charge in [-0.3, -0.25) is 9.59 Å². The molecule has 0 saturated heterocycles. The topological polar surface area (TPSA) is 78.2 Å². The Labute approximate surface area is 202 Å². The lowest BCUT2D eigenvalue weighted by molar-refractivity contribution is -0.128. The number of benzene rings is 1. The van der Waals surface area contributed by atoms with Gasteiger partial charge < -0.3 is 19.5 Å². The van der Waals surface area contributed by atoms with Crippen molar-refractivity contribution in [1.82, 2.24) is 15.1 Å². The second-order valence-electron chi connectivity index (χ2n) is 8.49. The summed E-state index contributed by atoms with van der Waals surface area (Å²) in [6.45, 7) is 5.99. The summed E-state index contributed by atoms with van der Waals surface area (Å²) in [6, 6.07) is 9.14. The zero-order valence-electron chi connectivity index (χ0n) is 19.5. The van der Waals surface area contributed by atoms with E-state index in [1.807, 2.05) is 31.1 Å². The van der Waals surface area contributed by atoms with Crippen LogP contribution in [0, 0.1) is 5.82 Å². The summed E-state index contributed by atoms with van der Waals surface area (Å²) in [5.74, 6) is -0.0233. The maximum absolute atomic E-state index is 13.7. The van der Waals surface area contributed by atoms with Crippen molar-refractivity contribution >= 4 is 28.7 Å². The fraction of sp³-hybridized carbons (Fsp3) is 0.320. The van der Waals surface area contributed by atoms with Crippen molar-refractivity contribution in [2.24, 2.45) is 4.99 Å². The summed E-state index contributed by atoms with van der Waals surface area (Å²) in [5.41, 5.74) is 2.59. The first-order chi connectivity index (χ1) is 16.3. The van der Waals surface area contributed by atoms with E-state index in [1.54, 1.807) is 42.5 Å². The predicted octanol–water partition coefficient (Wildman–Crippen LogP) is 4.57. The van der Waals surface area contributed by atoms with Crippen LogP contribution in [-0.2, 0) is 16.1 Å². The predicted molar refractivity (Wildman–Crippen MR) is 130 cm³/mol. The first-order valence-corrected chi connectivity index (χ1v) is 11.9. The zero-order chi connectivity index (χ0) is 24.4. The first kappa shape index (κ1) is 23.8. The summed E-state index contributed by atoms with van der Waals surface area (Å²) in [4.78, 5) is 34.5. The van der Waals surface area contributed by atoms with Crippen LogP contribution in [0.1, 0.15) is 44.6 Å². The van der Waals surface area contributed by atoms with Gasteiger partial charge in [0.05, 0.1) is 36.5 Å². The number of amides is 2. The van der Waals surface area contributed by atoms with Crippen LogP contribution in [0.2, 0.25) is 0 Å². The molecule has 3 heterocycles. The van der Waals surface area contributed by atoms with E-state index < -0.39 is 6.04 Å². The third-order valence-corrected chi connectivity index (χ3v) is 6.78. The number of thioether (sulfide) groups is 1. The molecule has 2 aliphatic heterocycles. The smallest absolute Gasteiger partial charge is 0.254 e. The third kappa shape index (κ3) is 4.79. The minimum absolute atomic E-state index is 0.0117. The van der Waals surface area contributed by atoms with Crippen molar-refractivity contribution < 1.29 is 18.4 Å². The van der Waals surface area contributed by atoms with Gasteiger partial charge in [0.25, 0.3) is 5.91 Å².